The molecule has 0 heterocycles. The zero-order valence-corrected chi connectivity index (χ0v) is 35.6. The molecule has 2 atom stereocenters. The van der Waals surface area contributed by atoms with E-state index in [1.54, 1.807) is 0 Å². The molecule has 0 aromatic rings. The number of allylic oxidation sites excluding steroid dienone is 12. The van der Waals surface area contributed by atoms with Crippen molar-refractivity contribution in [2.45, 2.75) is 148 Å². The highest BCUT2D eigenvalue weighted by Crippen LogP contribution is 2.43. The summed E-state index contributed by atoms with van der Waals surface area (Å²) in [6.45, 7) is 4.19. The van der Waals surface area contributed by atoms with Crippen LogP contribution >= 0.6 is 7.82 Å². The topological polar surface area (TPSA) is 108 Å². The van der Waals surface area contributed by atoms with E-state index in [2.05, 4.69) is 86.8 Å². The van der Waals surface area contributed by atoms with Gasteiger partial charge in [-0.3, -0.25) is 18.6 Å². The molecule has 0 radical (unpaired) electrons. The van der Waals surface area contributed by atoms with E-state index in [1.807, 2.05) is 21.1 Å². The Hall–Kier alpha value is -2.55. The van der Waals surface area contributed by atoms with Gasteiger partial charge in [0.15, 0.2) is 6.10 Å². The van der Waals surface area contributed by atoms with E-state index in [0.717, 1.165) is 77.0 Å². The van der Waals surface area contributed by atoms with Crippen molar-refractivity contribution in [1.29, 1.82) is 0 Å². The molecule has 0 aliphatic carbocycles. The molecule has 0 bridgehead atoms. The molecule has 54 heavy (non-hydrogen) atoms. The first-order valence-electron chi connectivity index (χ1n) is 20.7. The number of unbranched alkanes of at least 4 members (excludes halogenated alkanes) is 11. The first-order chi connectivity index (χ1) is 26.0. The summed E-state index contributed by atoms with van der Waals surface area (Å²) in [5.41, 5.74) is 0. The highest BCUT2D eigenvalue weighted by molar-refractivity contribution is 7.47. The van der Waals surface area contributed by atoms with Crippen molar-refractivity contribution >= 4 is 19.8 Å². The Bertz CT molecular complexity index is 1150. The Labute approximate surface area is 329 Å². The highest BCUT2D eigenvalue weighted by Gasteiger charge is 2.27. The molecule has 0 saturated heterocycles. The largest absolute Gasteiger partial charge is 0.472 e. The quantitative estimate of drug-likeness (QED) is 0.0167. The minimum absolute atomic E-state index is 0.0172. The molecule has 0 aliphatic heterocycles. The first kappa shape index (κ1) is 51.5. The van der Waals surface area contributed by atoms with Crippen LogP contribution in [0.3, 0.4) is 0 Å². The lowest BCUT2D eigenvalue weighted by molar-refractivity contribution is -0.870. The van der Waals surface area contributed by atoms with Crippen molar-refractivity contribution in [3.63, 3.8) is 0 Å². The van der Waals surface area contributed by atoms with E-state index in [0.29, 0.717) is 23.9 Å². The fourth-order valence-electron chi connectivity index (χ4n) is 4.99. The Balaban J connectivity index is 4.52. The summed E-state index contributed by atoms with van der Waals surface area (Å²) >= 11 is 0. The van der Waals surface area contributed by atoms with E-state index >= 15 is 0 Å². The van der Waals surface area contributed by atoms with Crippen LogP contribution in [0.15, 0.2) is 72.9 Å². The molecule has 0 amide bonds. The maximum Gasteiger partial charge on any atom is 0.472 e. The van der Waals surface area contributed by atoms with Gasteiger partial charge in [0, 0.05) is 12.8 Å². The maximum atomic E-state index is 12.6. The van der Waals surface area contributed by atoms with Crippen LogP contribution in [0.5, 0.6) is 0 Å². The molecule has 10 heteroatoms. The van der Waals surface area contributed by atoms with E-state index in [4.69, 9.17) is 18.5 Å². The monoisotopic (exact) mass is 779 g/mol. The number of phosphoric ester groups is 1. The van der Waals surface area contributed by atoms with Gasteiger partial charge in [-0.2, -0.15) is 0 Å². The predicted molar refractivity (Wildman–Crippen MR) is 224 cm³/mol. The number of carbonyl (C=O) groups excluding carboxylic acids is 2. The number of likely N-dealkylation sites (N-methyl/N-ethyl adjacent to an activating group) is 1. The number of hydrogen-bond acceptors (Lipinski definition) is 7. The second-order valence-electron chi connectivity index (χ2n) is 14.7. The molecule has 0 rings (SSSR count). The first-order valence-corrected chi connectivity index (χ1v) is 22.2. The van der Waals surface area contributed by atoms with Gasteiger partial charge in [-0.25, -0.2) is 4.57 Å². The van der Waals surface area contributed by atoms with Gasteiger partial charge >= 0.3 is 19.8 Å². The summed E-state index contributed by atoms with van der Waals surface area (Å²) in [7, 11) is 1.43. The molecular formula is C44H77NO8P+. The average Bonchev–Trinajstić information content (AvgIpc) is 3.12. The maximum absolute atomic E-state index is 12.6. The van der Waals surface area contributed by atoms with Crippen LogP contribution in [0.2, 0.25) is 0 Å². The van der Waals surface area contributed by atoms with E-state index in [9.17, 15) is 19.0 Å². The number of esters is 2. The van der Waals surface area contributed by atoms with E-state index in [1.165, 1.54) is 25.7 Å². The van der Waals surface area contributed by atoms with Crippen LogP contribution in [0.25, 0.3) is 0 Å². The Morgan fingerprint density at radius 2 is 1.11 bits per heavy atom. The van der Waals surface area contributed by atoms with Gasteiger partial charge in [-0.05, 0) is 77.0 Å². The number of rotatable bonds is 36. The SMILES string of the molecule is CC/C=C/C/C=C/C/C=C/C/C=C/CCCCC(=O)O[C@H](COC(=O)CCCCCCC/C=C/C=C/CCCCCC)COP(=O)(O)OCC[N+](C)(C)C. The van der Waals surface area contributed by atoms with Crippen LogP contribution < -0.4 is 0 Å². The summed E-state index contributed by atoms with van der Waals surface area (Å²) in [5, 5.41) is 0. The lowest BCUT2D eigenvalue weighted by Gasteiger charge is -2.24. The Morgan fingerprint density at radius 1 is 0.611 bits per heavy atom. The lowest BCUT2D eigenvalue weighted by Crippen LogP contribution is -2.37. The second kappa shape index (κ2) is 36.1. The number of carbonyl (C=O) groups is 2. The van der Waals surface area contributed by atoms with E-state index in [-0.39, 0.29) is 26.1 Å². The Morgan fingerprint density at radius 3 is 1.72 bits per heavy atom. The van der Waals surface area contributed by atoms with Crippen molar-refractivity contribution < 1.29 is 42.1 Å². The molecule has 1 N–H and O–H groups in total. The van der Waals surface area contributed by atoms with Crippen molar-refractivity contribution in [3.8, 4) is 0 Å². The summed E-state index contributed by atoms with van der Waals surface area (Å²) in [6, 6.07) is 0. The minimum Gasteiger partial charge on any atom is -0.462 e. The smallest absolute Gasteiger partial charge is 0.462 e. The average molecular weight is 779 g/mol. The minimum atomic E-state index is -4.39. The second-order valence-corrected chi connectivity index (χ2v) is 16.1. The zero-order valence-electron chi connectivity index (χ0n) is 34.7. The molecular weight excluding hydrogens is 701 g/mol. The number of nitrogens with zero attached hydrogens (tertiary/aromatic N) is 1. The number of hydrogen-bond donors (Lipinski definition) is 1. The Kier molecular flexibility index (Phi) is 34.4. The lowest BCUT2D eigenvalue weighted by atomic mass is 10.1. The van der Waals surface area contributed by atoms with Crippen molar-refractivity contribution in [1.82, 2.24) is 0 Å². The van der Waals surface area contributed by atoms with Gasteiger partial charge in [0.2, 0.25) is 0 Å². The van der Waals surface area contributed by atoms with Gasteiger partial charge in [-0.1, -0.05) is 125 Å². The molecule has 0 aliphatic rings. The summed E-state index contributed by atoms with van der Waals surface area (Å²) < 4.78 is 34.2. The van der Waals surface area contributed by atoms with Crippen LogP contribution in [-0.4, -0.2) is 74.9 Å². The molecule has 1 unspecified atom stereocenters. The third kappa shape index (κ3) is 39.2. The third-order valence-electron chi connectivity index (χ3n) is 8.25. The van der Waals surface area contributed by atoms with Gasteiger partial charge in [0.1, 0.15) is 19.8 Å². The van der Waals surface area contributed by atoms with Crippen LogP contribution in [0.1, 0.15) is 142 Å². The van der Waals surface area contributed by atoms with Crippen LogP contribution in [-0.2, 0) is 32.7 Å². The third-order valence-corrected chi connectivity index (χ3v) is 9.23. The molecule has 310 valence electrons. The molecule has 9 nitrogen and oxygen atoms in total. The van der Waals surface area contributed by atoms with Crippen LogP contribution in [0.4, 0.5) is 0 Å². The molecule has 0 fully saturated rings. The number of phosphoric acid groups is 1. The van der Waals surface area contributed by atoms with Crippen molar-refractivity contribution in [2.24, 2.45) is 0 Å². The van der Waals surface area contributed by atoms with Gasteiger partial charge in [0.05, 0.1) is 27.7 Å². The molecule has 0 aromatic heterocycles. The summed E-state index contributed by atoms with van der Waals surface area (Å²) in [5.74, 6) is -0.874. The predicted octanol–water partition coefficient (Wildman–Crippen LogP) is 11.5. The standard InChI is InChI=1S/C44H76NO8P/c1-6-8-10-12-14-16-18-20-22-24-26-28-30-32-34-36-43(46)50-40-42(41-52-54(48,49)51-39-38-45(3,4)5)53-44(47)37-35-33-31-29-27-25-23-21-19-17-15-13-11-9-7-2/h9,11,15-18,20-23,27,29,42H,6-8,10,12-14,19,24-26,28,30-41H2,1-5H3/p+1/b11-9+,17-15+,18-16+,22-20+,23-21+,29-27+/t42-/m1/s1. The molecule has 0 saturated carbocycles. The fraction of sp³-hybridized carbons (Fsp3) is 0.682. The number of ether oxygens (including phenoxy) is 2. The summed E-state index contributed by atoms with van der Waals surface area (Å²) in [6.07, 6.45) is 43.8. The van der Waals surface area contributed by atoms with Gasteiger partial charge in [-0.15, -0.1) is 0 Å². The fourth-order valence-corrected chi connectivity index (χ4v) is 5.73. The van der Waals surface area contributed by atoms with E-state index < -0.39 is 32.5 Å². The highest BCUT2D eigenvalue weighted by atomic mass is 31.2. The number of quaternary nitrogens is 1. The molecule has 0 spiro atoms. The summed E-state index contributed by atoms with van der Waals surface area (Å²) in [4.78, 5) is 35.3. The van der Waals surface area contributed by atoms with Crippen LogP contribution in [0, 0.1) is 0 Å². The zero-order chi connectivity index (χ0) is 40.0. The van der Waals surface area contributed by atoms with Gasteiger partial charge < -0.3 is 18.9 Å². The van der Waals surface area contributed by atoms with Crippen molar-refractivity contribution in [3.05, 3.63) is 72.9 Å². The molecule has 0 aromatic carbocycles. The normalized spacial score (nSPS) is 14.4. The van der Waals surface area contributed by atoms with Gasteiger partial charge in [0.25, 0.3) is 0 Å². The van der Waals surface area contributed by atoms with Crippen molar-refractivity contribution in [2.75, 3.05) is 47.5 Å².